The largest absolute Gasteiger partial charge is 0.309 e. The highest BCUT2D eigenvalue weighted by molar-refractivity contribution is 7.99. The minimum absolute atomic E-state index is 0.207. The van der Waals surface area contributed by atoms with Gasteiger partial charge in [0.05, 0.1) is 0 Å². The van der Waals surface area contributed by atoms with Gasteiger partial charge in [0.2, 0.25) is 5.91 Å². The van der Waals surface area contributed by atoms with Gasteiger partial charge < -0.3 is 4.90 Å². The van der Waals surface area contributed by atoms with E-state index in [0.717, 1.165) is 27.8 Å². The van der Waals surface area contributed by atoms with Crippen molar-refractivity contribution in [1.29, 1.82) is 0 Å². The molecule has 0 N–H and O–H groups in total. The van der Waals surface area contributed by atoms with Crippen LogP contribution in [-0.2, 0) is 11.2 Å². The van der Waals surface area contributed by atoms with Crippen LogP contribution in [0, 0.1) is 0 Å². The Morgan fingerprint density at radius 2 is 1.95 bits per heavy atom. The number of amides is 1. The van der Waals surface area contributed by atoms with E-state index in [9.17, 15) is 4.79 Å². The summed E-state index contributed by atoms with van der Waals surface area (Å²) in [7, 11) is 0. The zero-order valence-electron chi connectivity index (χ0n) is 12.5. The van der Waals surface area contributed by atoms with Gasteiger partial charge in [0.25, 0.3) is 0 Å². The molecule has 2 nitrogen and oxygen atoms in total. The molecule has 114 valence electrons. The molecule has 1 aliphatic heterocycles. The van der Waals surface area contributed by atoms with E-state index in [1.54, 1.807) is 11.8 Å². The van der Waals surface area contributed by atoms with Crippen LogP contribution in [0.25, 0.3) is 0 Å². The Balaban J connectivity index is 1.59. The smallest absolute Gasteiger partial charge is 0.228 e. The number of carbonyl (C=O) groups is 1. The third kappa shape index (κ3) is 3.31. The van der Waals surface area contributed by atoms with Crippen molar-refractivity contribution in [2.75, 3.05) is 10.7 Å². The van der Waals surface area contributed by atoms with Crippen molar-refractivity contribution < 1.29 is 4.79 Å². The number of hydrogen-bond donors (Lipinski definition) is 0. The summed E-state index contributed by atoms with van der Waals surface area (Å²) in [5, 5.41) is 0.739. The molecule has 2 aromatic rings. The first kappa shape index (κ1) is 15.4. The molecule has 3 rings (SSSR count). The van der Waals surface area contributed by atoms with Crippen molar-refractivity contribution in [1.82, 2.24) is 0 Å². The van der Waals surface area contributed by atoms with Crippen LogP contribution in [0.4, 0.5) is 5.69 Å². The van der Waals surface area contributed by atoms with Gasteiger partial charge in [-0.2, -0.15) is 0 Å². The number of anilines is 1. The second kappa shape index (κ2) is 6.76. The fourth-order valence-electron chi connectivity index (χ4n) is 2.85. The molecule has 0 fully saturated rings. The maximum atomic E-state index is 12.6. The molecule has 1 amide bonds. The molecule has 1 atom stereocenters. The Kier molecular flexibility index (Phi) is 4.74. The van der Waals surface area contributed by atoms with Crippen molar-refractivity contribution in [3.8, 4) is 0 Å². The number of nitrogens with zero attached hydrogens (tertiary/aromatic N) is 1. The molecule has 0 bridgehead atoms. The maximum Gasteiger partial charge on any atom is 0.228 e. The molecule has 0 saturated carbocycles. The van der Waals surface area contributed by atoms with Crippen molar-refractivity contribution in [3.63, 3.8) is 0 Å². The standard InChI is InChI=1S/C18H18ClNOS/c1-13-12-14-4-2-3-5-17(14)20(13)18(21)10-11-22-16-8-6-15(19)7-9-16/h2-9,13H,10-12H2,1H3. The quantitative estimate of drug-likeness (QED) is 0.750. The number of hydrogen-bond acceptors (Lipinski definition) is 2. The highest BCUT2D eigenvalue weighted by Crippen LogP contribution is 2.32. The number of para-hydroxylation sites is 1. The Hall–Kier alpha value is -1.45. The summed E-state index contributed by atoms with van der Waals surface area (Å²) in [5.41, 5.74) is 2.35. The molecule has 0 radical (unpaired) electrons. The lowest BCUT2D eigenvalue weighted by Gasteiger charge is -2.22. The van der Waals surface area contributed by atoms with Crippen molar-refractivity contribution >= 4 is 35.0 Å². The highest BCUT2D eigenvalue weighted by atomic mass is 35.5. The summed E-state index contributed by atoms with van der Waals surface area (Å²) in [4.78, 5) is 15.7. The van der Waals surface area contributed by atoms with Crippen molar-refractivity contribution in [2.24, 2.45) is 0 Å². The summed E-state index contributed by atoms with van der Waals surface area (Å²) in [5.74, 6) is 0.991. The first-order valence-electron chi connectivity index (χ1n) is 7.43. The SMILES string of the molecule is CC1Cc2ccccc2N1C(=O)CCSc1ccc(Cl)cc1. The van der Waals surface area contributed by atoms with E-state index in [1.807, 2.05) is 47.4 Å². The lowest BCUT2D eigenvalue weighted by Crippen LogP contribution is -2.35. The van der Waals surface area contributed by atoms with E-state index in [4.69, 9.17) is 11.6 Å². The van der Waals surface area contributed by atoms with E-state index in [1.165, 1.54) is 5.56 Å². The predicted octanol–water partition coefficient (Wildman–Crippen LogP) is 4.80. The molecule has 0 spiro atoms. The molecule has 0 aromatic heterocycles. The van der Waals surface area contributed by atoms with Gasteiger partial charge in [-0.05, 0) is 49.2 Å². The molecular formula is C18H18ClNOS. The summed E-state index contributed by atoms with van der Waals surface area (Å²) in [6.07, 6.45) is 1.50. The summed E-state index contributed by atoms with van der Waals surface area (Å²) in [6.45, 7) is 2.12. The van der Waals surface area contributed by atoms with Gasteiger partial charge in [-0.3, -0.25) is 4.79 Å². The average molecular weight is 332 g/mol. The first-order valence-corrected chi connectivity index (χ1v) is 8.80. The Labute approximate surface area is 140 Å². The van der Waals surface area contributed by atoms with Gasteiger partial charge in [0.1, 0.15) is 0 Å². The Morgan fingerprint density at radius 1 is 1.23 bits per heavy atom. The number of halogens is 1. The van der Waals surface area contributed by atoms with Gasteiger partial charge in [-0.15, -0.1) is 11.8 Å². The van der Waals surface area contributed by atoms with Crippen LogP contribution in [0.3, 0.4) is 0 Å². The van der Waals surface area contributed by atoms with Crippen LogP contribution in [0.5, 0.6) is 0 Å². The van der Waals surface area contributed by atoms with Crippen LogP contribution >= 0.6 is 23.4 Å². The highest BCUT2D eigenvalue weighted by Gasteiger charge is 2.29. The van der Waals surface area contributed by atoms with E-state index in [-0.39, 0.29) is 11.9 Å². The molecular weight excluding hydrogens is 314 g/mol. The van der Waals surface area contributed by atoms with Crippen molar-refractivity contribution in [3.05, 3.63) is 59.1 Å². The normalized spacial score (nSPS) is 16.6. The number of benzene rings is 2. The third-order valence-corrected chi connectivity index (χ3v) is 5.14. The molecule has 1 heterocycles. The molecule has 22 heavy (non-hydrogen) atoms. The molecule has 1 unspecified atom stereocenters. The topological polar surface area (TPSA) is 20.3 Å². The lowest BCUT2D eigenvalue weighted by atomic mass is 10.1. The van der Waals surface area contributed by atoms with Gasteiger partial charge in [0.15, 0.2) is 0 Å². The van der Waals surface area contributed by atoms with Crippen LogP contribution in [-0.4, -0.2) is 17.7 Å². The number of rotatable bonds is 4. The summed E-state index contributed by atoms with van der Waals surface area (Å²) >= 11 is 7.57. The second-order valence-electron chi connectivity index (χ2n) is 5.50. The van der Waals surface area contributed by atoms with Crippen LogP contribution < -0.4 is 4.90 Å². The van der Waals surface area contributed by atoms with Gasteiger partial charge in [-0.1, -0.05) is 29.8 Å². The summed E-state index contributed by atoms with van der Waals surface area (Å²) in [6, 6.07) is 16.2. The number of thioether (sulfide) groups is 1. The zero-order chi connectivity index (χ0) is 15.5. The molecule has 0 saturated heterocycles. The first-order chi connectivity index (χ1) is 10.6. The molecule has 4 heteroatoms. The molecule has 2 aromatic carbocycles. The van der Waals surface area contributed by atoms with E-state index in [0.29, 0.717) is 6.42 Å². The fraction of sp³-hybridized carbons (Fsp3) is 0.278. The minimum Gasteiger partial charge on any atom is -0.309 e. The van der Waals surface area contributed by atoms with Crippen LogP contribution in [0.15, 0.2) is 53.4 Å². The van der Waals surface area contributed by atoms with E-state index >= 15 is 0 Å². The Bertz CT molecular complexity index is 671. The van der Waals surface area contributed by atoms with Gasteiger partial charge >= 0.3 is 0 Å². The maximum absolute atomic E-state index is 12.6. The average Bonchev–Trinajstić information content (AvgIpc) is 2.85. The van der Waals surface area contributed by atoms with Crippen molar-refractivity contribution in [2.45, 2.75) is 30.7 Å². The lowest BCUT2D eigenvalue weighted by molar-refractivity contribution is -0.118. The van der Waals surface area contributed by atoms with Gasteiger partial charge in [0, 0.05) is 33.8 Å². The molecule has 1 aliphatic rings. The predicted molar refractivity (Wildman–Crippen MR) is 93.9 cm³/mol. The number of carbonyl (C=O) groups excluding carboxylic acids is 1. The fourth-order valence-corrected chi connectivity index (χ4v) is 3.82. The van der Waals surface area contributed by atoms with Crippen LogP contribution in [0.2, 0.25) is 5.02 Å². The third-order valence-electron chi connectivity index (χ3n) is 3.87. The second-order valence-corrected chi connectivity index (χ2v) is 7.10. The molecule has 0 aliphatic carbocycles. The monoisotopic (exact) mass is 331 g/mol. The number of fused-ring (bicyclic) bond motifs is 1. The summed E-state index contributed by atoms with van der Waals surface area (Å²) < 4.78 is 0. The van der Waals surface area contributed by atoms with Crippen LogP contribution in [0.1, 0.15) is 18.9 Å². The Morgan fingerprint density at radius 3 is 2.73 bits per heavy atom. The van der Waals surface area contributed by atoms with E-state index < -0.39 is 0 Å². The van der Waals surface area contributed by atoms with Gasteiger partial charge in [-0.25, -0.2) is 0 Å². The minimum atomic E-state index is 0.207. The van der Waals surface area contributed by atoms with E-state index in [2.05, 4.69) is 13.0 Å². The zero-order valence-corrected chi connectivity index (χ0v) is 14.0.